The minimum absolute atomic E-state index is 0.134. The smallest absolute Gasteiger partial charge is 0.151 e. The molecule has 1 aromatic rings. The van der Waals surface area contributed by atoms with E-state index in [-0.39, 0.29) is 11.6 Å². The molecule has 98 valence electrons. The highest BCUT2D eigenvalue weighted by molar-refractivity contribution is 9.10. The molecule has 0 spiro atoms. The Bertz CT molecular complexity index is 413. The molecule has 1 heterocycles. The number of ketones is 1. The Morgan fingerprint density at radius 3 is 2.72 bits per heavy atom. The van der Waals surface area contributed by atoms with Crippen LogP contribution in [0.5, 0.6) is 0 Å². The third kappa shape index (κ3) is 4.15. The van der Waals surface area contributed by atoms with Crippen molar-refractivity contribution in [3.05, 3.63) is 34.1 Å². The van der Waals surface area contributed by atoms with Crippen LogP contribution in [0.15, 0.2) is 22.7 Å². The molecule has 18 heavy (non-hydrogen) atoms. The third-order valence-corrected chi connectivity index (χ3v) is 3.39. The van der Waals surface area contributed by atoms with Crippen molar-refractivity contribution in [2.24, 2.45) is 0 Å². The second-order valence-corrected chi connectivity index (χ2v) is 5.43. The van der Waals surface area contributed by atoms with Crippen molar-refractivity contribution in [3.63, 3.8) is 0 Å². The van der Waals surface area contributed by atoms with E-state index >= 15 is 0 Å². The third-order valence-electron chi connectivity index (χ3n) is 2.93. The fourth-order valence-corrected chi connectivity index (χ4v) is 2.63. The summed E-state index contributed by atoms with van der Waals surface area (Å²) in [6.07, 6.45) is 0.292. The van der Waals surface area contributed by atoms with Gasteiger partial charge >= 0.3 is 0 Å². The largest absolute Gasteiger partial charge is 0.314 e. The highest BCUT2D eigenvalue weighted by atomic mass is 79.9. The van der Waals surface area contributed by atoms with Crippen LogP contribution in [0, 0.1) is 5.82 Å². The van der Waals surface area contributed by atoms with Crippen LogP contribution in [-0.4, -0.2) is 43.4 Å². The van der Waals surface area contributed by atoms with Gasteiger partial charge in [0, 0.05) is 37.1 Å². The Kier molecular flexibility index (Phi) is 4.86. The SMILES string of the molecule is O=C(Cc1cc(F)cc(Br)c1)CN1CCNCC1. The van der Waals surface area contributed by atoms with Crippen LogP contribution in [-0.2, 0) is 11.2 Å². The number of carbonyl (C=O) groups is 1. The van der Waals surface area contributed by atoms with Crippen LogP contribution in [0.1, 0.15) is 5.56 Å². The topological polar surface area (TPSA) is 32.3 Å². The van der Waals surface area contributed by atoms with Gasteiger partial charge in [-0.15, -0.1) is 0 Å². The van der Waals surface area contributed by atoms with Crippen molar-refractivity contribution in [3.8, 4) is 0 Å². The van der Waals surface area contributed by atoms with E-state index in [0.29, 0.717) is 17.4 Å². The van der Waals surface area contributed by atoms with Gasteiger partial charge in [0.15, 0.2) is 5.78 Å². The zero-order valence-electron chi connectivity index (χ0n) is 10.1. The molecule has 1 saturated heterocycles. The maximum absolute atomic E-state index is 13.2. The van der Waals surface area contributed by atoms with Gasteiger partial charge in [0.05, 0.1) is 6.54 Å². The summed E-state index contributed by atoms with van der Waals surface area (Å²) in [5.41, 5.74) is 0.724. The van der Waals surface area contributed by atoms with Gasteiger partial charge in [-0.25, -0.2) is 4.39 Å². The normalized spacial score (nSPS) is 16.8. The number of nitrogens with zero attached hydrogens (tertiary/aromatic N) is 1. The number of carbonyl (C=O) groups excluding carboxylic acids is 1. The van der Waals surface area contributed by atoms with Gasteiger partial charge in [-0.2, -0.15) is 0 Å². The summed E-state index contributed by atoms with van der Waals surface area (Å²) in [5, 5.41) is 3.24. The van der Waals surface area contributed by atoms with Gasteiger partial charge in [-0.3, -0.25) is 9.69 Å². The molecule has 0 saturated carbocycles. The molecule has 3 nitrogen and oxygen atoms in total. The van der Waals surface area contributed by atoms with Gasteiger partial charge in [-0.05, 0) is 23.8 Å². The molecule has 0 bridgehead atoms. The quantitative estimate of drug-likeness (QED) is 0.916. The summed E-state index contributed by atoms with van der Waals surface area (Å²) in [6, 6.07) is 4.60. The summed E-state index contributed by atoms with van der Waals surface area (Å²) < 4.78 is 13.9. The first-order valence-corrected chi connectivity index (χ1v) is 6.82. The van der Waals surface area contributed by atoms with Gasteiger partial charge in [0.2, 0.25) is 0 Å². The molecule has 1 N–H and O–H groups in total. The molecular weight excluding hydrogens is 299 g/mol. The van der Waals surface area contributed by atoms with Gasteiger partial charge in [0.25, 0.3) is 0 Å². The lowest BCUT2D eigenvalue weighted by Gasteiger charge is -2.26. The van der Waals surface area contributed by atoms with E-state index in [1.807, 2.05) is 0 Å². The Hall–Kier alpha value is -0.780. The second kappa shape index (κ2) is 6.41. The Balaban J connectivity index is 1.89. The number of hydrogen-bond donors (Lipinski definition) is 1. The van der Waals surface area contributed by atoms with Crippen LogP contribution >= 0.6 is 15.9 Å². The maximum atomic E-state index is 13.2. The number of benzene rings is 1. The fourth-order valence-electron chi connectivity index (χ4n) is 2.12. The molecule has 0 aromatic heterocycles. The zero-order valence-corrected chi connectivity index (χ0v) is 11.7. The summed E-state index contributed by atoms with van der Waals surface area (Å²) in [7, 11) is 0. The Morgan fingerprint density at radius 2 is 2.06 bits per heavy atom. The van der Waals surface area contributed by atoms with Crippen molar-refractivity contribution in [1.82, 2.24) is 10.2 Å². The molecule has 0 unspecified atom stereocenters. The van der Waals surface area contributed by atoms with Gasteiger partial charge in [-0.1, -0.05) is 15.9 Å². The number of piperazine rings is 1. The average molecular weight is 315 g/mol. The molecule has 1 aromatic carbocycles. The van der Waals surface area contributed by atoms with Crippen LogP contribution in [0.2, 0.25) is 0 Å². The van der Waals surface area contributed by atoms with Crippen molar-refractivity contribution in [1.29, 1.82) is 0 Å². The fraction of sp³-hybridized carbons (Fsp3) is 0.462. The Morgan fingerprint density at radius 1 is 1.33 bits per heavy atom. The standard InChI is InChI=1S/C13H16BrFN2O/c14-11-5-10(6-12(15)8-11)7-13(18)9-17-3-1-16-2-4-17/h5-6,8,16H,1-4,7,9H2. The predicted octanol–water partition coefficient (Wildman–Crippen LogP) is 1.60. The van der Waals surface area contributed by atoms with Crippen LogP contribution in [0.3, 0.4) is 0 Å². The van der Waals surface area contributed by atoms with Crippen LogP contribution in [0.4, 0.5) is 4.39 Å². The Labute approximate surface area is 114 Å². The lowest BCUT2D eigenvalue weighted by atomic mass is 10.1. The summed E-state index contributed by atoms with van der Waals surface area (Å²) in [5.74, 6) is -0.177. The average Bonchev–Trinajstić information content (AvgIpc) is 2.28. The number of Topliss-reactive ketones (excluding diaryl/α,β-unsaturated/α-hetero) is 1. The molecule has 0 atom stereocenters. The molecule has 2 rings (SSSR count). The van der Waals surface area contributed by atoms with Crippen LogP contribution < -0.4 is 5.32 Å². The maximum Gasteiger partial charge on any atom is 0.151 e. The first-order valence-electron chi connectivity index (χ1n) is 6.03. The molecule has 0 radical (unpaired) electrons. The molecule has 1 aliphatic rings. The van der Waals surface area contributed by atoms with E-state index in [4.69, 9.17) is 0 Å². The molecule has 1 fully saturated rings. The lowest BCUT2D eigenvalue weighted by molar-refractivity contribution is -0.119. The molecule has 1 aliphatic heterocycles. The van der Waals surface area contributed by atoms with Gasteiger partial charge < -0.3 is 5.32 Å². The van der Waals surface area contributed by atoms with Crippen molar-refractivity contribution < 1.29 is 9.18 Å². The summed E-state index contributed by atoms with van der Waals surface area (Å²) in [6.45, 7) is 4.12. The van der Waals surface area contributed by atoms with E-state index < -0.39 is 0 Å². The number of rotatable bonds is 4. The highest BCUT2D eigenvalue weighted by Gasteiger charge is 2.14. The minimum Gasteiger partial charge on any atom is -0.314 e. The van der Waals surface area contributed by atoms with E-state index in [1.54, 1.807) is 6.07 Å². The number of nitrogens with one attached hydrogen (secondary N) is 1. The first-order chi connectivity index (χ1) is 8.63. The number of halogens is 2. The van der Waals surface area contributed by atoms with Gasteiger partial charge in [0.1, 0.15) is 5.82 Å². The first kappa shape index (κ1) is 13.6. The molecule has 5 heteroatoms. The monoisotopic (exact) mass is 314 g/mol. The van der Waals surface area contributed by atoms with E-state index in [9.17, 15) is 9.18 Å². The molecular formula is C13H16BrFN2O. The van der Waals surface area contributed by atoms with Crippen molar-refractivity contribution in [2.75, 3.05) is 32.7 Å². The second-order valence-electron chi connectivity index (χ2n) is 4.52. The minimum atomic E-state index is -0.311. The van der Waals surface area contributed by atoms with E-state index in [1.165, 1.54) is 12.1 Å². The molecule has 0 amide bonds. The van der Waals surface area contributed by atoms with Crippen molar-refractivity contribution in [2.45, 2.75) is 6.42 Å². The zero-order chi connectivity index (χ0) is 13.0. The van der Waals surface area contributed by atoms with Crippen LogP contribution in [0.25, 0.3) is 0 Å². The summed E-state index contributed by atoms with van der Waals surface area (Å²) in [4.78, 5) is 14.0. The van der Waals surface area contributed by atoms with E-state index in [0.717, 1.165) is 31.7 Å². The molecule has 0 aliphatic carbocycles. The lowest BCUT2D eigenvalue weighted by Crippen LogP contribution is -2.45. The van der Waals surface area contributed by atoms with E-state index in [2.05, 4.69) is 26.1 Å². The summed E-state index contributed by atoms with van der Waals surface area (Å²) >= 11 is 3.23. The number of hydrogen-bond acceptors (Lipinski definition) is 3. The predicted molar refractivity (Wildman–Crippen MR) is 72.1 cm³/mol. The van der Waals surface area contributed by atoms with Crippen molar-refractivity contribution >= 4 is 21.7 Å². The highest BCUT2D eigenvalue weighted by Crippen LogP contribution is 2.15.